The average Bonchev–Trinajstić information content (AvgIpc) is 2.34. The Morgan fingerprint density at radius 2 is 2.18 bits per heavy atom. The Balaban J connectivity index is 2.17. The molecular weight excluding hydrogens is 140 g/mol. The summed E-state index contributed by atoms with van der Waals surface area (Å²) in [6.07, 6.45) is 1.20. The topological polar surface area (TPSA) is 26.3 Å². The molecule has 2 heteroatoms. The van der Waals surface area contributed by atoms with Gasteiger partial charge in [0.25, 0.3) is 0 Å². The van der Waals surface area contributed by atoms with E-state index in [9.17, 15) is 4.79 Å². The summed E-state index contributed by atoms with van der Waals surface area (Å²) in [5.41, 5.74) is 0.224. The van der Waals surface area contributed by atoms with Crippen molar-refractivity contribution in [2.24, 2.45) is 17.3 Å². The standard InChI is InChI=1S/C9H14O2/c1-5-4-6-7(8(10)11-5)9(6,2)3/h5-7H,4H2,1-3H3. The van der Waals surface area contributed by atoms with Crippen LogP contribution >= 0.6 is 0 Å². The number of carbonyl (C=O) groups is 1. The van der Waals surface area contributed by atoms with Crippen molar-refractivity contribution in [1.29, 1.82) is 0 Å². The minimum Gasteiger partial charge on any atom is -0.462 e. The Bertz CT molecular complexity index is 208. The van der Waals surface area contributed by atoms with Crippen molar-refractivity contribution in [2.45, 2.75) is 33.3 Å². The highest BCUT2D eigenvalue weighted by atomic mass is 16.5. The van der Waals surface area contributed by atoms with E-state index >= 15 is 0 Å². The number of carbonyl (C=O) groups excluding carboxylic acids is 1. The lowest BCUT2D eigenvalue weighted by Crippen LogP contribution is -2.22. The van der Waals surface area contributed by atoms with Gasteiger partial charge in [0.2, 0.25) is 0 Å². The van der Waals surface area contributed by atoms with Crippen molar-refractivity contribution in [3.63, 3.8) is 0 Å². The lowest BCUT2D eigenvalue weighted by molar-refractivity contribution is -0.154. The van der Waals surface area contributed by atoms with E-state index in [0.717, 1.165) is 6.42 Å². The van der Waals surface area contributed by atoms with E-state index in [4.69, 9.17) is 4.74 Å². The van der Waals surface area contributed by atoms with Crippen molar-refractivity contribution in [3.05, 3.63) is 0 Å². The van der Waals surface area contributed by atoms with Crippen LogP contribution in [0.4, 0.5) is 0 Å². The van der Waals surface area contributed by atoms with Crippen molar-refractivity contribution < 1.29 is 9.53 Å². The van der Waals surface area contributed by atoms with Crippen LogP contribution in [-0.2, 0) is 9.53 Å². The Labute approximate surface area is 66.9 Å². The molecule has 0 radical (unpaired) electrons. The van der Waals surface area contributed by atoms with Crippen LogP contribution in [0.5, 0.6) is 0 Å². The Morgan fingerprint density at radius 1 is 1.55 bits per heavy atom. The van der Waals surface area contributed by atoms with Gasteiger partial charge in [-0.15, -0.1) is 0 Å². The lowest BCUT2D eigenvalue weighted by Gasteiger charge is -2.16. The predicted molar refractivity (Wildman–Crippen MR) is 40.9 cm³/mol. The predicted octanol–water partition coefficient (Wildman–Crippen LogP) is 1.59. The summed E-state index contributed by atoms with van der Waals surface area (Å²) < 4.78 is 5.14. The summed E-state index contributed by atoms with van der Waals surface area (Å²) in [7, 11) is 0. The molecule has 1 saturated heterocycles. The number of cyclic esters (lactones) is 1. The second-order valence-corrected chi connectivity index (χ2v) is 4.39. The lowest BCUT2D eigenvalue weighted by atomic mass is 10.1. The first-order valence-corrected chi connectivity index (χ1v) is 4.24. The average molecular weight is 154 g/mol. The number of hydrogen-bond acceptors (Lipinski definition) is 2. The zero-order valence-electron chi connectivity index (χ0n) is 7.26. The molecule has 2 rings (SSSR count). The fourth-order valence-corrected chi connectivity index (χ4v) is 2.33. The minimum atomic E-state index is 0.0266. The van der Waals surface area contributed by atoms with Gasteiger partial charge in [0.1, 0.15) is 0 Å². The van der Waals surface area contributed by atoms with Crippen LogP contribution in [0.2, 0.25) is 0 Å². The van der Waals surface area contributed by atoms with Crippen molar-refractivity contribution in [2.75, 3.05) is 0 Å². The SMILES string of the molecule is CC1CC2C(C(=O)O1)C2(C)C. The van der Waals surface area contributed by atoms with E-state index < -0.39 is 0 Å². The van der Waals surface area contributed by atoms with Gasteiger partial charge >= 0.3 is 5.97 Å². The molecule has 1 aliphatic carbocycles. The molecular formula is C9H14O2. The molecule has 1 saturated carbocycles. The van der Waals surface area contributed by atoms with Gasteiger partial charge in [-0.2, -0.15) is 0 Å². The van der Waals surface area contributed by atoms with Gasteiger partial charge in [-0.25, -0.2) is 0 Å². The number of rotatable bonds is 0. The fourth-order valence-electron chi connectivity index (χ4n) is 2.33. The first-order chi connectivity index (χ1) is 5.03. The van der Waals surface area contributed by atoms with Crippen LogP contribution in [0.1, 0.15) is 27.2 Å². The van der Waals surface area contributed by atoms with Crippen LogP contribution < -0.4 is 0 Å². The zero-order valence-corrected chi connectivity index (χ0v) is 7.26. The molecule has 0 aromatic heterocycles. The van der Waals surface area contributed by atoms with Crippen molar-refractivity contribution >= 4 is 5.97 Å². The third kappa shape index (κ3) is 0.815. The normalized spacial score (nSPS) is 46.1. The molecule has 0 N–H and O–H groups in total. The fraction of sp³-hybridized carbons (Fsp3) is 0.889. The molecule has 2 nitrogen and oxygen atoms in total. The van der Waals surface area contributed by atoms with Crippen LogP contribution in [0, 0.1) is 17.3 Å². The Kier molecular flexibility index (Phi) is 1.16. The molecule has 3 unspecified atom stereocenters. The Hall–Kier alpha value is -0.530. The molecule has 2 fully saturated rings. The van der Waals surface area contributed by atoms with Gasteiger partial charge in [0.05, 0.1) is 12.0 Å². The first kappa shape index (κ1) is 7.14. The molecule has 0 bridgehead atoms. The maximum absolute atomic E-state index is 11.2. The van der Waals surface area contributed by atoms with Gasteiger partial charge < -0.3 is 4.74 Å². The van der Waals surface area contributed by atoms with E-state index in [0.29, 0.717) is 5.92 Å². The van der Waals surface area contributed by atoms with E-state index in [1.807, 2.05) is 6.92 Å². The summed E-state index contributed by atoms with van der Waals surface area (Å²) >= 11 is 0. The zero-order chi connectivity index (χ0) is 8.22. The summed E-state index contributed by atoms with van der Waals surface area (Å²) in [6.45, 7) is 6.28. The van der Waals surface area contributed by atoms with Crippen LogP contribution in [-0.4, -0.2) is 12.1 Å². The van der Waals surface area contributed by atoms with E-state index in [1.165, 1.54) is 0 Å². The monoisotopic (exact) mass is 154 g/mol. The second kappa shape index (κ2) is 1.79. The van der Waals surface area contributed by atoms with Crippen LogP contribution in [0.15, 0.2) is 0 Å². The largest absolute Gasteiger partial charge is 0.462 e. The maximum Gasteiger partial charge on any atom is 0.310 e. The number of ether oxygens (including phenoxy) is 1. The third-order valence-corrected chi connectivity index (χ3v) is 3.21. The van der Waals surface area contributed by atoms with Gasteiger partial charge in [0.15, 0.2) is 0 Å². The van der Waals surface area contributed by atoms with E-state index in [2.05, 4.69) is 13.8 Å². The first-order valence-electron chi connectivity index (χ1n) is 4.24. The molecule has 0 aromatic carbocycles. The number of fused-ring (bicyclic) bond motifs is 1. The van der Waals surface area contributed by atoms with E-state index in [1.54, 1.807) is 0 Å². The van der Waals surface area contributed by atoms with Crippen LogP contribution in [0.3, 0.4) is 0 Å². The molecule has 0 spiro atoms. The van der Waals surface area contributed by atoms with Gasteiger partial charge in [0, 0.05) is 0 Å². The second-order valence-electron chi connectivity index (χ2n) is 4.39. The molecule has 3 atom stereocenters. The molecule has 2 aliphatic rings. The number of hydrogen-bond donors (Lipinski definition) is 0. The minimum absolute atomic E-state index is 0.0266. The Morgan fingerprint density at radius 3 is 2.73 bits per heavy atom. The highest BCUT2D eigenvalue weighted by Crippen LogP contribution is 2.62. The molecule has 1 aliphatic heterocycles. The van der Waals surface area contributed by atoms with Gasteiger partial charge in [-0.1, -0.05) is 13.8 Å². The van der Waals surface area contributed by atoms with Crippen molar-refractivity contribution in [1.82, 2.24) is 0 Å². The molecule has 0 amide bonds. The highest BCUT2D eigenvalue weighted by Gasteiger charge is 2.64. The molecule has 11 heavy (non-hydrogen) atoms. The van der Waals surface area contributed by atoms with E-state index in [-0.39, 0.29) is 23.4 Å². The summed E-state index contributed by atoms with van der Waals surface area (Å²) in [6, 6.07) is 0. The smallest absolute Gasteiger partial charge is 0.310 e. The number of esters is 1. The van der Waals surface area contributed by atoms with Crippen molar-refractivity contribution in [3.8, 4) is 0 Å². The summed E-state index contributed by atoms with van der Waals surface area (Å²) in [4.78, 5) is 11.2. The van der Waals surface area contributed by atoms with Gasteiger partial charge in [-0.3, -0.25) is 4.79 Å². The quantitative estimate of drug-likeness (QED) is 0.495. The molecule has 1 heterocycles. The third-order valence-electron chi connectivity index (χ3n) is 3.21. The summed E-state index contributed by atoms with van der Waals surface area (Å²) in [5, 5.41) is 0. The molecule has 0 aromatic rings. The van der Waals surface area contributed by atoms with Crippen LogP contribution in [0.25, 0.3) is 0 Å². The maximum atomic E-state index is 11.2. The molecule has 62 valence electrons. The summed E-state index contributed by atoms with van der Waals surface area (Å²) in [5.74, 6) is 0.830. The van der Waals surface area contributed by atoms with Gasteiger partial charge in [-0.05, 0) is 24.7 Å². The highest BCUT2D eigenvalue weighted by molar-refractivity contribution is 5.78.